The van der Waals surface area contributed by atoms with E-state index in [4.69, 9.17) is 0 Å². The van der Waals surface area contributed by atoms with Crippen molar-refractivity contribution in [3.8, 4) is 11.8 Å². The maximum atomic E-state index is 9.77. The van der Waals surface area contributed by atoms with Crippen molar-refractivity contribution in [3.05, 3.63) is 35.4 Å². The molecule has 1 rings (SSSR count). The van der Waals surface area contributed by atoms with Gasteiger partial charge in [-0.3, -0.25) is 0 Å². The highest BCUT2D eigenvalue weighted by Gasteiger charge is 2.01. The molecule has 0 unspecified atom stereocenters. The van der Waals surface area contributed by atoms with Gasteiger partial charge in [-0.25, -0.2) is 0 Å². The molecule has 0 bridgehead atoms. The zero-order valence-corrected chi connectivity index (χ0v) is 9.46. The van der Waals surface area contributed by atoms with Gasteiger partial charge in [0, 0.05) is 6.42 Å². The van der Waals surface area contributed by atoms with Crippen molar-refractivity contribution in [1.29, 1.82) is 0 Å². The second-order valence-corrected chi connectivity index (χ2v) is 3.74. The van der Waals surface area contributed by atoms with Crippen LogP contribution in [0.15, 0.2) is 24.3 Å². The van der Waals surface area contributed by atoms with Gasteiger partial charge in [0.15, 0.2) is 0 Å². The minimum absolute atomic E-state index is 0.637. The van der Waals surface area contributed by atoms with E-state index in [1.165, 1.54) is 0 Å². The average molecular weight is 202 g/mol. The molecule has 0 heterocycles. The predicted molar refractivity (Wildman–Crippen MR) is 63.4 cm³/mol. The Morgan fingerprint density at radius 2 is 2.20 bits per heavy atom. The summed E-state index contributed by atoms with van der Waals surface area (Å²) in [6, 6.07) is 7.84. The molecule has 1 heteroatoms. The molecule has 0 radical (unpaired) electrons. The summed E-state index contributed by atoms with van der Waals surface area (Å²) in [5.74, 6) is 5.87. The first-order valence-electron chi connectivity index (χ1n) is 5.47. The zero-order valence-electron chi connectivity index (χ0n) is 9.46. The van der Waals surface area contributed by atoms with E-state index >= 15 is 0 Å². The fourth-order valence-corrected chi connectivity index (χ4v) is 1.36. The molecule has 0 amide bonds. The van der Waals surface area contributed by atoms with Crippen LogP contribution in [-0.2, 0) is 0 Å². The van der Waals surface area contributed by atoms with Crippen LogP contribution in [0, 0.1) is 18.8 Å². The van der Waals surface area contributed by atoms with Gasteiger partial charge in [0.2, 0.25) is 0 Å². The van der Waals surface area contributed by atoms with Crippen LogP contribution in [0.25, 0.3) is 0 Å². The van der Waals surface area contributed by atoms with Crippen LogP contribution in [0.3, 0.4) is 0 Å². The summed E-state index contributed by atoms with van der Waals surface area (Å²) in [6.45, 7) is 4.15. The Morgan fingerprint density at radius 1 is 1.40 bits per heavy atom. The van der Waals surface area contributed by atoms with Crippen molar-refractivity contribution < 1.29 is 5.11 Å². The number of rotatable bonds is 3. The van der Waals surface area contributed by atoms with Gasteiger partial charge in [0.25, 0.3) is 0 Å². The molecule has 0 aliphatic rings. The van der Waals surface area contributed by atoms with E-state index in [1.54, 1.807) is 0 Å². The van der Waals surface area contributed by atoms with E-state index in [1.807, 2.05) is 31.2 Å². The Morgan fingerprint density at radius 3 is 2.87 bits per heavy atom. The van der Waals surface area contributed by atoms with Crippen LogP contribution in [0.4, 0.5) is 0 Å². The highest BCUT2D eigenvalue weighted by Crippen LogP contribution is 2.13. The van der Waals surface area contributed by atoms with E-state index in [2.05, 4.69) is 18.8 Å². The topological polar surface area (TPSA) is 20.2 Å². The molecular weight excluding hydrogens is 184 g/mol. The molecule has 1 N–H and O–H groups in total. The second kappa shape index (κ2) is 6.27. The van der Waals surface area contributed by atoms with Crippen LogP contribution in [0.5, 0.6) is 0 Å². The smallest absolute Gasteiger partial charge is 0.140 e. The Balaban J connectivity index is 2.59. The lowest BCUT2D eigenvalue weighted by molar-refractivity contribution is 0.238. The Hall–Kier alpha value is -1.26. The molecular formula is C14H18O. The Labute approximate surface area is 92.1 Å². The van der Waals surface area contributed by atoms with Gasteiger partial charge in [-0.15, -0.1) is 5.92 Å². The quantitative estimate of drug-likeness (QED) is 0.589. The molecule has 0 saturated heterocycles. The molecule has 80 valence electrons. The Bertz CT molecular complexity index is 357. The van der Waals surface area contributed by atoms with Crippen LogP contribution in [0.2, 0.25) is 0 Å². The van der Waals surface area contributed by atoms with Crippen LogP contribution in [0.1, 0.15) is 43.4 Å². The monoisotopic (exact) mass is 202 g/mol. The molecule has 0 aliphatic heterocycles. The molecule has 0 spiro atoms. The number of aliphatic hydroxyl groups is 1. The first kappa shape index (κ1) is 11.8. The van der Waals surface area contributed by atoms with Gasteiger partial charge in [0.05, 0.1) is 0 Å². The second-order valence-electron chi connectivity index (χ2n) is 3.74. The fourth-order valence-electron chi connectivity index (χ4n) is 1.36. The van der Waals surface area contributed by atoms with E-state index < -0.39 is 6.10 Å². The molecule has 0 saturated carbocycles. The van der Waals surface area contributed by atoms with Gasteiger partial charge in [0.1, 0.15) is 6.10 Å². The normalized spacial score (nSPS) is 11.7. The molecule has 0 aliphatic carbocycles. The van der Waals surface area contributed by atoms with Gasteiger partial charge >= 0.3 is 0 Å². The first-order chi connectivity index (χ1) is 7.24. The van der Waals surface area contributed by atoms with Crippen molar-refractivity contribution in [2.24, 2.45) is 0 Å². The highest BCUT2D eigenvalue weighted by atomic mass is 16.3. The van der Waals surface area contributed by atoms with Gasteiger partial charge in [-0.1, -0.05) is 49.1 Å². The number of hydrogen-bond acceptors (Lipinski definition) is 1. The van der Waals surface area contributed by atoms with E-state index in [0.29, 0.717) is 0 Å². The summed E-state index contributed by atoms with van der Waals surface area (Å²) >= 11 is 0. The lowest BCUT2D eigenvalue weighted by Gasteiger charge is -2.03. The van der Waals surface area contributed by atoms with Gasteiger partial charge < -0.3 is 5.11 Å². The lowest BCUT2D eigenvalue weighted by Crippen LogP contribution is -1.93. The summed E-state index contributed by atoms with van der Waals surface area (Å²) in [7, 11) is 0. The third-order valence-electron chi connectivity index (χ3n) is 2.25. The molecule has 1 aromatic rings. The number of aliphatic hydroxyl groups excluding tert-OH is 1. The lowest BCUT2D eigenvalue weighted by atomic mass is 10.1. The van der Waals surface area contributed by atoms with Crippen molar-refractivity contribution >= 4 is 0 Å². The third kappa shape index (κ3) is 4.18. The van der Waals surface area contributed by atoms with Crippen molar-refractivity contribution in [3.63, 3.8) is 0 Å². The summed E-state index contributed by atoms with van der Waals surface area (Å²) in [5.41, 5.74) is 2.04. The SMILES string of the molecule is CCCCC#C[C@H](O)c1cccc(C)c1. The molecule has 0 fully saturated rings. The average Bonchev–Trinajstić information content (AvgIpc) is 2.24. The van der Waals surface area contributed by atoms with Gasteiger partial charge in [-0.2, -0.15) is 0 Å². The predicted octanol–water partition coefficient (Wildman–Crippen LogP) is 3.22. The summed E-state index contributed by atoms with van der Waals surface area (Å²) < 4.78 is 0. The fraction of sp³-hybridized carbons (Fsp3) is 0.429. The highest BCUT2D eigenvalue weighted by molar-refractivity contribution is 5.28. The van der Waals surface area contributed by atoms with Crippen molar-refractivity contribution in [2.75, 3.05) is 0 Å². The van der Waals surface area contributed by atoms with Crippen LogP contribution < -0.4 is 0 Å². The molecule has 15 heavy (non-hydrogen) atoms. The van der Waals surface area contributed by atoms with Crippen LogP contribution in [-0.4, -0.2) is 5.11 Å². The molecule has 1 aromatic carbocycles. The van der Waals surface area contributed by atoms with Gasteiger partial charge in [-0.05, 0) is 18.9 Å². The summed E-state index contributed by atoms with van der Waals surface area (Å²) in [6.07, 6.45) is 2.49. The van der Waals surface area contributed by atoms with E-state index in [0.717, 1.165) is 30.4 Å². The maximum Gasteiger partial charge on any atom is 0.140 e. The molecule has 1 atom stereocenters. The Kier molecular flexibility index (Phi) is 4.93. The maximum absolute atomic E-state index is 9.77. The zero-order chi connectivity index (χ0) is 11.1. The number of aryl methyl sites for hydroxylation is 1. The molecule has 1 nitrogen and oxygen atoms in total. The number of unbranched alkanes of at least 4 members (excludes halogenated alkanes) is 2. The summed E-state index contributed by atoms with van der Waals surface area (Å²) in [5, 5.41) is 9.77. The minimum Gasteiger partial charge on any atom is -0.376 e. The van der Waals surface area contributed by atoms with E-state index in [9.17, 15) is 5.11 Å². The standard InChI is InChI=1S/C14H18O/c1-3-4-5-6-10-14(15)13-9-7-8-12(2)11-13/h7-9,11,14-15H,3-5H2,1-2H3/t14-/m0/s1. The van der Waals surface area contributed by atoms with Crippen molar-refractivity contribution in [1.82, 2.24) is 0 Å². The number of hydrogen-bond donors (Lipinski definition) is 1. The van der Waals surface area contributed by atoms with E-state index in [-0.39, 0.29) is 0 Å². The van der Waals surface area contributed by atoms with Crippen LogP contribution >= 0.6 is 0 Å². The number of benzene rings is 1. The first-order valence-corrected chi connectivity index (χ1v) is 5.47. The minimum atomic E-state index is -0.637. The van der Waals surface area contributed by atoms with Crippen molar-refractivity contribution in [2.45, 2.75) is 39.2 Å². The largest absolute Gasteiger partial charge is 0.376 e. The summed E-state index contributed by atoms with van der Waals surface area (Å²) in [4.78, 5) is 0. The third-order valence-corrected chi connectivity index (χ3v) is 2.25. The molecule has 0 aromatic heterocycles.